The van der Waals surface area contributed by atoms with E-state index in [1.807, 2.05) is 0 Å². The highest BCUT2D eigenvalue weighted by Crippen LogP contribution is 2.29. The van der Waals surface area contributed by atoms with Crippen molar-refractivity contribution in [1.82, 2.24) is 19.7 Å². The first-order chi connectivity index (χ1) is 15.4. The molecule has 0 saturated carbocycles. The van der Waals surface area contributed by atoms with Crippen molar-refractivity contribution in [2.45, 2.75) is 6.54 Å². The smallest absolute Gasteiger partial charge is 0.258 e. The highest BCUT2D eigenvalue weighted by molar-refractivity contribution is 6.06. The third-order valence-electron chi connectivity index (χ3n) is 4.82. The summed E-state index contributed by atoms with van der Waals surface area (Å²) in [7, 11) is 6.37. The molecule has 0 spiro atoms. The van der Waals surface area contributed by atoms with Gasteiger partial charge in [0.2, 0.25) is 17.7 Å². The monoisotopic (exact) mass is 436 g/mol. The Labute approximate surface area is 185 Å². The quantitative estimate of drug-likeness (QED) is 0.499. The molecule has 1 aromatic carbocycles. The van der Waals surface area contributed by atoms with E-state index in [1.165, 1.54) is 36.4 Å². The van der Waals surface area contributed by atoms with Gasteiger partial charge in [-0.05, 0) is 30.3 Å². The van der Waals surface area contributed by atoms with Crippen molar-refractivity contribution in [2.24, 2.45) is 7.05 Å². The first-order valence-corrected chi connectivity index (χ1v) is 9.62. The minimum atomic E-state index is -0.282. The minimum absolute atomic E-state index is 0.0916. The molecule has 166 valence electrons. The number of hydrogen-bond donors (Lipinski definition) is 0. The second-order valence-corrected chi connectivity index (χ2v) is 6.78. The highest BCUT2D eigenvalue weighted by atomic mass is 16.5. The number of aromatic nitrogens is 4. The van der Waals surface area contributed by atoms with Crippen LogP contribution in [-0.4, -0.2) is 52.8 Å². The van der Waals surface area contributed by atoms with Crippen LogP contribution in [-0.2, 0) is 18.4 Å². The van der Waals surface area contributed by atoms with E-state index >= 15 is 0 Å². The molecule has 0 aliphatic rings. The summed E-state index contributed by atoms with van der Waals surface area (Å²) in [6.45, 7) is 3.58. The van der Waals surface area contributed by atoms with E-state index in [0.717, 1.165) is 0 Å². The fraction of sp³-hybridized carbons (Fsp3) is 0.227. The Hall–Kier alpha value is -4.21. The second kappa shape index (κ2) is 9.73. The molecule has 2 aromatic heterocycles. The van der Waals surface area contributed by atoms with Gasteiger partial charge in [-0.25, -0.2) is 9.97 Å². The first-order valence-electron chi connectivity index (χ1n) is 9.62. The molecule has 0 aliphatic heterocycles. The van der Waals surface area contributed by atoms with Gasteiger partial charge in [-0.1, -0.05) is 6.58 Å². The van der Waals surface area contributed by atoms with Crippen molar-refractivity contribution in [1.29, 1.82) is 0 Å². The van der Waals surface area contributed by atoms with E-state index in [0.29, 0.717) is 34.3 Å². The number of ether oxygens (including phenoxy) is 2. The van der Waals surface area contributed by atoms with Gasteiger partial charge in [0.25, 0.3) is 5.91 Å². The third kappa shape index (κ3) is 4.59. The number of carbonyl (C=O) groups excluding carboxylic acids is 2. The van der Waals surface area contributed by atoms with Crippen molar-refractivity contribution >= 4 is 23.2 Å². The minimum Gasteiger partial charge on any atom is -0.481 e. The molecule has 0 radical (unpaired) electrons. The number of hydrogen-bond acceptors (Lipinski definition) is 7. The van der Waals surface area contributed by atoms with Gasteiger partial charge < -0.3 is 19.3 Å². The van der Waals surface area contributed by atoms with Crippen molar-refractivity contribution < 1.29 is 19.1 Å². The molecule has 10 heteroatoms. The molecule has 3 rings (SSSR count). The number of likely N-dealkylation sites (N-methyl/N-ethyl adjacent to an activating group) is 1. The van der Waals surface area contributed by atoms with Crippen LogP contribution in [0.2, 0.25) is 0 Å². The standard InChI is InChI=1S/C22H24N6O4/c1-6-19(29)27(3)16-9-7-15(8-10-16)22(30)28(17-11-25-26(2)12-17)13-18-20(31-4)23-14-24-21(18)32-5/h6-12,14H,1,13H2,2-5H3. The van der Waals surface area contributed by atoms with Gasteiger partial charge in [-0.3, -0.25) is 14.3 Å². The normalized spacial score (nSPS) is 10.4. The van der Waals surface area contributed by atoms with E-state index in [2.05, 4.69) is 21.6 Å². The fourth-order valence-corrected chi connectivity index (χ4v) is 3.10. The predicted octanol–water partition coefficient (Wildman–Crippen LogP) is 2.22. The Balaban J connectivity index is 1.98. The Kier molecular flexibility index (Phi) is 6.83. The lowest BCUT2D eigenvalue weighted by Gasteiger charge is -2.23. The zero-order chi connectivity index (χ0) is 23.3. The van der Waals surface area contributed by atoms with E-state index in [9.17, 15) is 9.59 Å². The van der Waals surface area contributed by atoms with Gasteiger partial charge in [-0.15, -0.1) is 0 Å². The maximum absolute atomic E-state index is 13.5. The zero-order valence-electron chi connectivity index (χ0n) is 18.3. The van der Waals surface area contributed by atoms with Crippen LogP contribution in [0, 0.1) is 0 Å². The Morgan fingerprint density at radius 1 is 1.09 bits per heavy atom. The zero-order valence-corrected chi connectivity index (χ0v) is 18.3. The molecule has 0 fully saturated rings. The van der Waals surface area contributed by atoms with Crippen LogP contribution in [0.5, 0.6) is 11.8 Å². The second-order valence-electron chi connectivity index (χ2n) is 6.78. The van der Waals surface area contributed by atoms with Gasteiger partial charge in [0.05, 0.1) is 38.2 Å². The molecule has 0 N–H and O–H groups in total. The summed E-state index contributed by atoms with van der Waals surface area (Å²) in [5.74, 6) is 0.0800. The molecule has 0 aliphatic carbocycles. The lowest BCUT2D eigenvalue weighted by molar-refractivity contribution is -0.113. The molecule has 0 saturated heterocycles. The summed E-state index contributed by atoms with van der Waals surface area (Å²) in [6, 6.07) is 6.71. The fourth-order valence-electron chi connectivity index (χ4n) is 3.10. The Morgan fingerprint density at radius 3 is 2.22 bits per heavy atom. The summed E-state index contributed by atoms with van der Waals surface area (Å²) < 4.78 is 12.3. The number of benzene rings is 1. The third-order valence-corrected chi connectivity index (χ3v) is 4.82. The average Bonchev–Trinajstić information content (AvgIpc) is 3.26. The predicted molar refractivity (Wildman–Crippen MR) is 119 cm³/mol. The lowest BCUT2D eigenvalue weighted by Crippen LogP contribution is -2.31. The topological polar surface area (TPSA) is 103 Å². The van der Waals surface area contributed by atoms with Gasteiger partial charge in [-0.2, -0.15) is 5.10 Å². The Bertz CT molecular complexity index is 1100. The molecule has 0 atom stereocenters. The maximum atomic E-state index is 13.5. The van der Waals surface area contributed by atoms with Crippen molar-refractivity contribution in [2.75, 3.05) is 31.1 Å². The summed E-state index contributed by atoms with van der Waals surface area (Å²) in [6.07, 6.45) is 5.88. The number of nitrogens with zero attached hydrogens (tertiary/aromatic N) is 6. The molecule has 2 amide bonds. The Morgan fingerprint density at radius 2 is 1.72 bits per heavy atom. The van der Waals surface area contributed by atoms with Gasteiger partial charge >= 0.3 is 0 Å². The van der Waals surface area contributed by atoms with E-state index in [4.69, 9.17) is 9.47 Å². The van der Waals surface area contributed by atoms with Crippen LogP contribution in [0.15, 0.2) is 55.6 Å². The first kappa shape index (κ1) is 22.5. The summed E-state index contributed by atoms with van der Waals surface area (Å²) >= 11 is 0. The van der Waals surface area contributed by atoms with Crippen LogP contribution >= 0.6 is 0 Å². The van der Waals surface area contributed by atoms with Gasteiger partial charge in [0.1, 0.15) is 6.33 Å². The molecule has 10 nitrogen and oxygen atoms in total. The molecule has 2 heterocycles. The number of aryl methyl sites for hydroxylation is 1. The number of amides is 2. The molecule has 0 bridgehead atoms. The van der Waals surface area contributed by atoms with Gasteiger partial charge in [0, 0.05) is 31.5 Å². The van der Waals surface area contributed by atoms with Crippen LogP contribution < -0.4 is 19.3 Å². The van der Waals surface area contributed by atoms with E-state index in [1.54, 1.807) is 55.4 Å². The number of anilines is 2. The van der Waals surface area contributed by atoms with Crippen molar-refractivity contribution in [3.8, 4) is 11.8 Å². The van der Waals surface area contributed by atoms with Crippen molar-refractivity contribution in [3.05, 3.63) is 66.8 Å². The molecular weight excluding hydrogens is 412 g/mol. The molecule has 32 heavy (non-hydrogen) atoms. The number of rotatable bonds is 8. The number of methoxy groups -OCH3 is 2. The van der Waals surface area contributed by atoms with Crippen LogP contribution in [0.3, 0.4) is 0 Å². The average molecular weight is 436 g/mol. The highest BCUT2D eigenvalue weighted by Gasteiger charge is 2.24. The summed E-state index contributed by atoms with van der Waals surface area (Å²) in [5.41, 5.74) is 2.15. The van der Waals surface area contributed by atoms with Gasteiger partial charge in [0.15, 0.2) is 0 Å². The van der Waals surface area contributed by atoms with Crippen LogP contribution in [0.4, 0.5) is 11.4 Å². The molecular formula is C22H24N6O4. The van der Waals surface area contributed by atoms with Crippen LogP contribution in [0.1, 0.15) is 15.9 Å². The largest absolute Gasteiger partial charge is 0.481 e. The molecule has 0 unspecified atom stereocenters. The number of carbonyl (C=O) groups is 2. The SMILES string of the molecule is C=CC(=O)N(C)c1ccc(C(=O)N(Cc2c(OC)ncnc2OC)c2cnn(C)c2)cc1. The van der Waals surface area contributed by atoms with Crippen LogP contribution in [0.25, 0.3) is 0 Å². The van der Waals surface area contributed by atoms with E-state index in [-0.39, 0.29) is 18.4 Å². The summed E-state index contributed by atoms with van der Waals surface area (Å²) in [4.78, 5) is 36.6. The molecule has 3 aromatic rings. The van der Waals surface area contributed by atoms with Crippen molar-refractivity contribution in [3.63, 3.8) is 0 Å². The summed E-state index contributed by atoms with van der Waals surface area (Å²) in [5, 5.41) is 4.18. The van der Waals surface area contributed by atoms with E-state index < -0.39 is 0 Å². The lowest BCUT2D eigenvalue weighted by atomic mass is 10.1. The maximum Gasteiger partial charge on any atom is 0.258 e.